The lowest BCUT2D eigenvalue weighted by Crippen LogP contribution is -2.43. The Morgan fingerprint density at radius 2 is 1.78 bits per heavy atom. The summed E-state index contributed by atoms with van der Waals surface area (Å²) in [5.74, 6) is 2.31. The van der Waals surface area contributed by atoms with Crippen molar-refractivity contribution < 1.29 is 27.8 Å². The summed E-state index contributed by atoms with van der Waals surface area (Å²) >= 11 is 7.05. The number of anilines is 1. The molecule has 4 heterocycles. The van der Waals surface area contributed by atoms with E-state index in [0.29, 0.717) is 77.9 Å². The summed E-state index contributed by atoms with van der Waals surface area (Å²) in [6.07, 6.45) is 1.92. The fourth-order valence-electron chi connectivity index (χ4n) is 9.67. The van der Waals surface area contributed by atoms with Crippen molar-refractivity contribution in [2.24, 2.45) is 0 Å². The van der Waals surface area contributed by atoms with E-state index in [0.717, 1.165) is 25.8 Å². The number of phenols is 1. The minimum Gasteiger partial charge on any atom is -0.508 e. The van der Waals surface area contributed by atoms with Gasteiger partial charge >= 0.3 is 6.01 Å². The predicted molar refractivity (Wildman–Crippen MR) is 213 cm³/mol. The number of alkyl halides is 1. The van der Waals surface area contributed by atoms with E-state index in [2.05, 4.69) is 62.9 Å². The molecule has 54 heavy (non-hydrogen) atoms. The molecule has 12 heteroatoms. The van der Waals surface area contributed by atoms with Gasteiger partial charge in [0.05, 0.1) is 22.7 Å². The zero-order chi connectivity index (χ0) is 38.5. The minimum atomic E-state index is -2.30. The number of nitrogens with zero attached hydrogens (tertiary/aromatic N) is 4. The number of halogens is 4. The second kappa shape index (κ2) is 15.2. The van der Waals surface area contributed by atoms with E-state index >= 15 is 8.78 Å². The minimum absolute atomic E-state index is 0.0194. The first-order valence-corrected chi connectivity index (χ1v) is 21.9. The van der Waals surface area contributed by atoms with Crippen molar-refractivity contribution in [3.8, 4) is 34.4 Å². The van der Waals surface area contributed by atoms with Crippen LogP contribution in [0.5, 0.6) is 11.8 Å². The van der Waals surface area contributed by atoms with Crippen LogP contribution in [0.4, 0.5) is 19.0 Å². The summed E-state index contributed by atoms with van der Waals surface area (Å²) in [6.45, 7) is 16.7. The van der Waals surface area contributed by atoms with Crippen LogP contribution in [-0.2, 0) is 4.74 Å². The Bertz CT molecular complexity index is 2110. The predicted octanol–water partition coefficient (Wildman–Crippen LogP) is 9.84. The van der Waals surface area contributed by atoms with E-state index in [1.54, 1.807) is 12.1 Å². The molecule has 0 radical (unpaired) electrons. The van der Waals surface area contributed by atoms with Gasteiger partial charge in [0.25, 0.3) is 0 Å². The largest absolute Gasteiger partial charge is 0.508 e. The first-order valence-electron chi connectivity index (χ1n) is 19.3. The first-order chi connectivity index (χ1) is 25.8. The van der Waals surface area contributed by atoms with Crippen LogP contribution < -0.4 is 9.64 Å². The van der Waals surface area contributed by atoms with E-state index < -0.39 is 31.4 Å². The third-order valence-corrected chi connectivity index (χ3v) is 18.8. The van der Waals surface area contributed by atoms with Crippen molar-refractivity contribution in [3.05, 3.63) is 52.6 Å². The van der Waals surface area contributed by atoms with Gasteiger partial charge in [-0.1, -0.05) is 65.1 Å². The van der Waals surface area contributed by atoms with Gasteiger partial charge in [-0.3, -0.25) is 4.90 Å². The van der Waals surface area contributed by atoms with Gasteiger partial charge in [-0.25, -0.2) is 13.2 Å². The van der Waals surface area contributed by atoms with Crippen molar-refractivity contribution in [3.63, 3.8) is 0 Å². The Morgan fingerprint density at radius 3 is 2.52 bits per heavy atom. The van der Waals surface area contributed by atoms with E-state index in [-0.39, 0.29) is 45.6 Å². The number of fused-ring (bicyclic) bond motifs is 3. The van der Waals surface area contributed by atoms with Crippen molar-refractivity contribution in [2.75, 3.05) is 50.9 Å². The van der Waals surface area contributed by atoms with Gasteiger partial charge in [0, 0.05) is 49.0 Å². The van der Waals surface area contributed by atoms with Crippen LogP contribution in [0.1, 0.15) is 72.8 Å². The van der Waals surface area contributed by atoms with Crippen molar-refractivity contribution in [2.45, 2.75) is 95.6 Å². The molecule has 3 aliphatic heterocycles. The molecule has 0 aliphatic carbocycles. The molecule has 7 rings (SSSR count). The zero-order valence-electron chi connectivity index (χ0n) is 32.0. The molecule has 2 atom stereocenters. The molecule has 288 valence electrons. The van der Waals surface area contributed by atoms with E-state index in [1.807, 2.05) is 4.90 Å². The SMILES string of the molecule is CC(C)[Si](C#Cc1c(F)ccc2cc(O)cc(-c3c(Cl)cc4c(N5CCCOCC5)nc(OC[C@@]56CCCN5C[C@H](F)C6)nc4c3F)c12)(C(C)C)C(C)C. The number of phenolic OH excluding ortho intramolecular Hbond substituents is 1. The highest BCUT2D eigenvalue weighted by Crippen LogP contribution is 2.46. The quantitative estimate of drug-likeness (QED) is 0.141. The summed E-state index contributed by atoms with van der Waals surface area (Å²) in [5, 5.41) is 12.3. The maximum Gasteiger partial charge on any atom is 0.319 e. The van der Waals surface area contributed by atoms with Crippen LogP contribution in [0.2, 0.25) is 21.6 Å². The lowest BCUT2D eigenvalue weighted by Gasteiger charge is -2.38. The summed E-state index contributed by atoms with van der Waals surface area (Å²) in [6, 6.07) is 7.46. The molecule has 0 spiro atoms. The van der Waals surface area contributed by atoms with Gasteiger partial charge < -0.3 is 19.5 Å². The first kappa shape index (κ1) is 38.7. The van der Waals surface area contributed by atoms with Crippen LogP contribution in [0.25, 0.3) is 32.8 Å². The monoisotopic (exact) mass is 778 g/mol. The average Bonchev–Trinajstić information content (AvgIpc) is 3.49. The van der Waals surface area contributed by atoms with Crippen LogP contribution in [-0.4, -0.2) is 85.8 Å². The topological polar surface area (TPSA) is 71.0 Å². The maximum absolute atomic E-state index is 17.5. The Balaban J connectivity index is 1.43. The number of rotatable bonds is 8. The molecule has 0 amide bonds. The lowest BCUT2D eigenvalue weighted by molar-refractivity contribution is 0.107. The molecule has 4 aromatic rings. The molecule has 3 aromatic carbocycles. The third kappa shape index (κ3) is 6.82. The second-order valence-electron chi connectivity index (χ2n) is 16.3. The van der Waals surface area contributed by atoms with E-state index in [1.165, 1.54) is 18.2 Å². The lowest BCUT2D eigenvalue weighted by atomic mass is 9.93. The molecule has 0 saturated carbocycles. The fraction of sp³-hybridized carbons (Fsp3) is 0.524. The van der Waals surface area contributed by atoms with Crippen LogP contribution >= 0.6 is 11.6 Å². The van der Waals surface area contributed by atoms with Gasteiger partial charge in [0.15, 0.2) is 5.82 Å². The van der Waals surface area contributed by atoms with Gasteiger partial charge in [0.2, 0.25) is 0 Å². The number of aromatic nitrogens is 2. The molecule has 0 unspecified atom stereocenters. The summed E-state index contributed by atoms with van der Waals surface area (Å²) in [5.41, 5.74) is 4.37. The molecule has 1 aromatic heterocycles. The van der Waals surface area contributed by atoms with Crippen LogP contribution in [0, 0.1) is 23.1 Å². The van der Waals surface area contributed by atoms with Crippen molar-refractivity contribution >= 4 is 47.2 Å². The fourth-order valence-corrected chi connectivity index (χ4v) is 15.2. The Morgan fingerprint density at radius 1 is 1.02 bits per heavy atom. The average molecular weight is 779 g/mol. The Labute approximate surface area is 322 Å². The third-order valence-electron chi connectivity index (χ3n) is 12.2. The van der Waals surface area contributed by atoms with Crippen molar-refractivity contribution in [1.29, 1.82) is 0 Å². The number of hydrogen-bond donors (Lipinski definition) is 1. The van der Waals surface area contributed by atoms with Crippen molar-refractivity contribution in [1.82, 2.24) is 14.9 Å². The van der Waals surface area contributed by atoms with E-state index in [9.17, 15) is 9.50 Å². The molecule has 0 bridgehead atoms. The molecular formula is C42H50ClF3N4O3Si. The highest BCUT2D eigenvalue weighted by Gasteiger charge is 2.49. The standard InChI is InChI=1S/C42H50ClF3N4O3Si/c1-25(2)54(26(3)4,27(5)6)18-11-31-35(45)10-9-28-19-30(51)20-32(36(28)31)37-34(43)21-33-39(38(37)46)47-41(48-40(33)49-13-8-16-52-17-15-49)53-24-42-12-7-14-50(42)23-29(44)22-42/h9-10,19-21,25-27,29,51H,7-8,12-17,22-24H2,1-6H3/t29-,42+/m1/s1. The van der Waals surface area contributed by atoms with E-state index in [4.69, 9.17) is 26.1 Å². The van der Waals surface area contributed by atoms with Crippen LogP contribution in [0.15, 0.2) is 30.3 Å². The molecule has 1 N–H and O–H groups in total. The van der Waals surface area contributed by atoms with Gasteiger partial charge in [-0.05, 0) is 77.6 Å². The second-order valence-corrected chi connectivity index (χ2v) is 22.2. The summed E-state index contributed by atoms with van der Waals surface area (Å²) < 4.78 is 60.2. The highest BCUT2D eigenvalue weighted by atomic mass is 35.5. The Hall–Kier alpha value is -3.56. The molecular weight excluding hydrogens is 729 g/mol. The summed E-state index contributed by atoms with van der Waals surface area (Å²) in [7, 11) is -2.30. The zero-order valence-corrected chi connectivity index (χ0v) is 33.8. The van der Waals surface area contributed by atoms with Gasteiger partial charge in [-0.15, -0.1) is 5.54 Å². The van der Waals surface area contributed by atoms with Crippen LogP contribution in [0.3, 0.4) is 0 Å². The Kier molecular flexibility index (Phi) is 10.9. The molecule has 3 aliphatic rings. The van der Waals surface area contributed by atoms with Gasteiger partial charge in [-0.2, -0.15) is 9.97 Å². The number of benzene rings is 3. The number of hydrogen-bond acceptors (Lipinski definition) is 7. The highest BCUT2D eigenvalue weighted by molar-refractivity contribution is 6.90. The number of aromatic hydroxyl groups is 1. The summed E-state index contributed by atoms with van der Waals surface area (Å²) in [4.78, 5) is 13.6. The smallest absolute Gasteiger partial charge is 0.319 e. The number of ether oxygens (including phenoxy) is 2. The molecule has 7 nitrogen and oxygen atoms in total. The normalized spacial score (nSPS) is 21.0. The molecule has 3 saturated heterocycles. The maximum atomic E-state index is 17.5. The molecule has 3 fully saturated rings. The van der Waals surface area contributed by atoms with Gasteiger partial charge in [0.1, 0.15) is 43.8 Å².